The number of nitrogens with one attached hydrogen (secondary N) is 1. The molecule has 35 heavy (non-hydrogen) atoms. The number of ether oxygens (including phenoxy) is 1. The molecule has 184 valence electrons. The van der Waals surface area contributed by atoms with Gasteiger partial charge in [-0.1, -0.05) is 17.7 Å². The molecule has 2 aliphatic rings. The van der Waals surface area contributed by atoms with E-state index in [4.69, 9.17) is 25.7 Å². The maximum atomic E-state index is 14.0. The van der Waals surface area contributed by atoms with Gasteiger partial charge in [0, 0.05) is 17.8 Å². The number of nitrogens with two attached hydrogens (primary N) is 1. The Morgan fingerprint density at radius 1 is 1.34 bits per heavy atom. The highest BCUT2D eigenvalue weighted by Gasteiger charge is 2.30. The van der Waals surface area contributed by atoms with Crippen molar-refractivity contribution in [3.8, 4) is 0 Å². The van der Waals surface area contributed by atoms with Gasteiger partial charge >= 0.3 is 0 Å². The van der Waals surface area contributed by atoms with Crippen LogP contribution in [0.25, 0.3) is 0 Å². The van der Waals surface area contributed by atoms with Crippen LogP contribution >= 0.6 is 35.2 Å². The Kier molecular flexibility index (Phi) is 7.66. The Hall–Kier alpha value is -2.08. The van der Waals surface area contributed by atoms with E-state index in [0.29, 0.717) is 51.7 Å². The molecule has 0 radical (unpaired) electrons. The standard InChI is InChI=1S/C24H24ClFN4O3S2/c25-23-18(22-17-8-15(26)3-2-14(17)5-6-32-22)9-20(34-23)21(31)19-10-28-12-29-24(19)30-16-4-1-13(7-16)11-33-35-27/h2-3,8-10,12-13,16,22H,1,4-7,11,27H2,(H,28,29,30). The molecule has 0 bridgehead atoms. The SMILES string of the molecule is NSOCC1CCC(Nc2ncncc2C(=O)c2cc(C3OCCc4ccc(F)cc43)c(Cl)s2)C1. The first-order chi connectivity index (χ1) is 17.0. The number of rotatable bonds is 8. The van der Waals surface area contributed by atoms with Crippen LogP contribution in [0.2, 0.25) is 4.34 Å². The summed E-state index contributed by atoms with van der Waals surface area (Å²) in [5.74, 6) is 0.351. The van der Waals surface area contributed by atoms with Crippen LogP contribution in [0.1, 0.15) is 57.3 Å². The quantitative estimate of drug-likeness (QED) is 0.227. The topological polar surface area (TPSA) is 99.4 Å². The monoisotopic (exact) mass is 534 g/mol. The maximum Gasteiger partial charge on any atom is 0.208 e. The van der Waals surface area contributed by atoms with E-state index < -0.39 is 6.10 Å². The smallest absolute Gasteiger partial charge is 0.208 e. The second kappa shape index (κ2) is 10.9. The van der Waals surface area contributed by atoms with Crippen molar-refractivity contribution < 1.29 is 18.1 Å². The van der Waals surface area contributed by atoms with Crippen LogP contribution in [0.3, 0.4) is 0 Å². The zero-order chi connectivity index (χ0) is 24.4. The first kappa shape index (κ1) is 24.6. The van der Waals surface area contributed by atoms with Crippen LogP contribution in [0, 0.1) is 11.7 Å². The van der Waals surface area contributed by atoms with Gasteiger partial charge in [-0.3, -0.25) is 9.93 Å². The Labute approximate surface area is 215 Å². The lowest BCUT2D eigenvalue weighted by molar-refractivity contribution is 0.0698. The Balaban J connectivity index is 1.37. The largest absolute Gasteiger partial charge is 0.368 e. The molecule has 3 N–H and O–H groups in total. The number of anilines is 1. The average molecular weight is 535 g/mol. The number of carbonyl (C=O) groups is 1. The van der Waals surface area contributed by atoms with Gasteiger partial charge in [0.05, 0.1) is 40.2 Å². The predicted octanol–water partition coefficient (Wildman–Crippen LogP) is 5.34. The molecule has 0 spiro atoms. The molecule has 0 amide bonds. The van der Waals surface area contributed by atoms with Crippen molar-refractivity contribution in [2.45, 2.75) is 37.8 Å². The van der Waals surface area contributed by atoms with Crippen molar-refractivity contribution in [3.05, 3.63) is 74.1 Å². The minimum absolute atomic E-state index is 0.178. The van der Waals surface area contributed by atoms with Gasteiger partial charge in [0.1, 0.15) is 24.1 Å². The molecule has 5 rings (SSSR count). The summed E-state index contributed by atoms with van der Waals surface area (Å²) in [7, 11) is 0. The Morgan fingerprint density at radius 2 is 2.23 bits per heavy atom. The molecule has 7 nitrogen and oxygen atoms in total. The van der Waals surface area contributed by atoms with Crippen LogP contribution in [-0.4, -0.2) is 35.0 Å². The summed E-state index contributed by atoms with van der Waals surface area (Å²) in [4.78, 5) is 22.4. The van der Waals surface area contributed by atoms with E-state index >= 15 is 0 Å². The number of benzene rings is 1. The number of carbonyl (C=O) groups excluding carboxylic acids is 1. The van der Waals surface area contributed by atoms with Crippen molar-refractivity contribution in [3.63, 3.8) is 0 Å². The van der Waals surface area contributed by atoms with Crippen molar-refractivity contribution in [1.82, 2.24) is 9.97 Å². The second-order valence-corrected chi connectivity index (χ2v) is 10.8. The minimum Gasteiger partial charge on any atom is -0.368 e. The molecule has 3 atom stereocenters. The van der Waals surface area contributed by atoms with Crippen molar-refractivity contribution in [2.24, 2.45) is 11.1 Å². The summed E-state index contributed by atoms with van der Waals surface area (Å²) in [6.07, 6.45) is 6.00. The predicted molar refractivity (Wildman–Crippen MR) is 135 cm³/mol. The van der Waals surface area contributed by atoms with Gasteiger partial charge in [-0.25, -0.2) is 14.4 Å². The molecule has 1 fully saturated rings. The molecule has 1 aliphatic heterocycles. The molecule has 3 heterocycles. The van der Waals surface area contributed by atoms with Gasteiger partial charge in [0.15, 0.2) is 0 Å². The summed E-state index contributed by atoms with van der Waals surface area (Å²) in [5.41, 5.74) is 2.80. The van der Waals surface area contributed by atoms with E-state index in [1.807, 2.05) is 0 Å². The van der Waals surface area contributed by atoms with Gasteiger partial charge in [0.25, 0.3) is 0 Å². The zero-order valence-electron chi connectivity index (χ0n) is 18.7. The summed E-state index contributed by atoms with van der Waals surface area (Å²) in [5, 5.41) is 8.77. The molecule has 0 saturated heterocycles. The highest BCUT2D eigenvalue weighted by molar-refractivity contribution is 7.92. The molecular formula is C24H24ClFN4O3S2. The molecule has 3 aromatic rings. The van der Waals surface area contributed by atoms with Gasteiger partial charge in [-0.15, -0.1) is 11.3 Å². The van der Waals surface area contributed by atoms with Crippen molar-refractivity contribution in [1.29, 1.82) is 0 Å². The number of fused-ring (bicyclic) bond motifs is 1. The third-order valence-corrected chi connectivity index (χ3v) is 8.14. The van der Waals surface area contributed by atoms with Crippen LogP contribution in [0.4, 0.5) is 10.2 Å². The molecule has 1 aliphatic carbocycles. The fourth-order valence-electron chi connectivity index (χ4n) is 4.77. The van der Waals surface area contributed by atoms with E-state index in [0.717, 1.165) is 42.6 Å². The third kappa shape index (κ3) is 5.37. The van der Waals surface area contributed by atoms with Crippen molar-refractivity contribution >= 4 is 46.8 Å². The van der Waals surface area contributed by atoms with E-state index in [9.17, 15) is 9.18 Å². The minimum atomic E-state index is -0.520. The van der Waals surface area contributed by atoms with E-state index in [1.54, 1.807) is 12.1 Å². The third-order valence-electron chi connectivity index (χ3n) is 6.48. The normalized spacial score (nSPS) is 21.6. The number of halogens is 2. The summed E-state index contributed by atoms with van der Waals surface area (Å²) in [6.45, 7) is 1.10. The van der Waals surface area contributed by atoms with E-state index in [-0.39, 0.29) is 17.6 Å². The number of ketones is 1. The molecular weight excluding hydrogens is 511 g/mol. The lowest BCUT2D eigenvalue weighted by atomic mass is 9.94. The lowest BCUT2D eigenvalue weighted by Gasteiger charge is -2.26. The fourth-order valence-corrected chi connectivity index (χ4v) is 6.31. The fraction of sp³-hybridized carbons (Fsp3) is 0.375. The Bertz CT molecular complexity index is 1230. The highest BCUT2D eigenvalue weighted by Crippen LogP contribution is 2.41. The van der Waals surface area contributed by atoms with E-state index in [1.165, 1.54) is 36.0 Å². The van der Waals surface area contributed by atoms with Gasteiger partial charge in [-0.2, -0.15) is 0 Å². The molecule has 1 aromatic carbocycles. The van der Waals surface area contributed by atoms with Crippen LogP contribution in [0.5, 0.6) is 0 Å². The lowest BCUT2D eigenvalue weighted by Crippen LogP contribution is -2.20. The average Bonchev–Trinajstić information content (AvgIpc) is 3.48. The Morgan fingerprint density at radius 3 is 3.09 bits per heavy atom. The summed E-state index contributed by atoms with van der Waals surface area (Å²) >= 11 is 8.64. The zero-order valence-corrected chi connectivity index (χ0v) is 21.1. The molecule has 3 unspecified atom stereocenters. The van der Waals surface area contributed by atoms with Gasteiger partial charge in [0.2, 0.25) is 5.78 Å². The van der Waals surface area contributed by atoms with E-state index in [2.05, 4.69) is 15.3 Å². The number of hydrogen-bond donors (Lipinski definition) is 2. The summed E-state index contributed by atoms with van der Waals surface area (Å²) in [6, 6.07) is 6.63. The highest BCUT2D eigenvalue weighted by atomic mass is 35.5. The number of thiophene rings is 1. The van der Waals surface area contributed by atoms with Crippen LogP contribution in [0.15, 0.2) is 36.8 Å². The molecule has 1 saturated carbocycles. The number of nitrogens with zero attached hydrogens (tertiary/aromatic N) is 2. The van der Waals surface area contributed by atoms with Crippen LogP contribution in [-0.2, 0) is 15.3 Å². The van der Waals surface area contributed by atoms with Gasteiger partial charge < -0.3 is 14.2 Å². The second-order valence-electron chi connectivity index (χ2n) is 8.70. The van der Waals surface area contributed by atoms with Crippen molar-refractivity contribution in [2.75, 3.05) is 18.5 Å². The first-order valence-corrected chi connectivity index (χ1v) is 13.3. The summed E-state index contributed by atoms with van der Waals surface area (Å²) < 4.78 is 25.6. The van der Waals surface area contributed by atoms with Gasteiger partial charge in [-0.05, 0) is 60.9 Å². The molecule has 2 aromatic heterocycles. The first-order valence-electron chi connectivity index (χ1n) is 11.3. The molecule has 11 heteroatoms. The van der Waals surface area contributed by atoms with Crippen LogP contribution < -0.4 is 10.5 Å². The maximum absolute atomic E-state index is 14.0. The number of aromatic nitrogens is 2. The number of hydrogen-bond acceptors (Lipinski definition) is 9.